The summed E-state index contributed by atoms with van der Waals surface area (Å²) in [6.45, 7) is 2.11. The van der Waals surface area contributed by atoms with E-state index < -0.39 is 10.0 Å². The van der Waals surface area contributed by atoms with E-state index in [2.05, 4.69) is 11.6 Å². The molecule has 1 aromatic rings. The second-order valence-corrected chi connectivity index (χ2v) is 7.09. The van der Waals surface area contributed by atoms with E-state index in [9.17, 15) is 8.42 Å². The highest BCUT2D eigenvalue weighted by molar-refractivity contribution is 7.89. The van der Waals surface area contributed by atoms with Gasteiger partial charge in [0, 0.05) is 11.1 Å². The van der Waals surface area contributed by atoms with E-state index in [1.165, 1.54) is 18.6 Å². The van der Waals surface area contributed by atoms with Crippen LogP contribution in [0.2, 0.25) is 5.02 Å². The van der Waals surface area contributed by atoms with Crippen molar-refractivity contribution in [2.75, 3.05) is 0 Å². The Balaban J connectivity index is 2.13. The zero-order chi connectivity index (χ0) is 13.2. The average Bonchev–Trinajstić information content (AvgIpc) is 2.32. The maximum atomic E-state index is 12.2. The van der Waals surface area contributed by atoms with Crippen LogP contribution in [-0.2, 0) is 10.0 Å². The minimum absolute atomic E-state index is 0.0550. The van der Waals surface area contributed by atoms with Gasteiger partial charge in [-0.05, 0) is 43.0 Å². The first-order chi connectivity index (χ1) is 8.49. The number of rotatable bonds is 3. The highest BCUT2D eigenvalue weighted by Crippen LogP contribution is 2.25. The molecule has 0 saturated heterocycles. The van der Waals surface area contributed by atoms with E-state index in [-0.39, 0.29) is 10.9 Å². The summed E-state index contributed by atoms with van der Waals surface area (Å²) in [5.41, 5.74) is 0. The molecule has 0 unspecified atom stereocenters. The molecule has 1 aliphatic rings. The van der Waals surface area contributed by atoms with Crippen molar-refractivity contribution in [3.63, 3.8) is 0 Å². The topological polar surface area (TPSA) is 46.2 Å². The third-order valence-electron chi connectivity index (χ3n) is 3.54. The Bertz CT molecular complexity index is 498. The first kappa shape index (κ1) is 13.8. The molecule has 1 saturated carbocycles. The molecular formula is C13H18ClNO2S. The normalized spacial score (nSPS) is 25.0. The van der Waals surface area contributed by atoms with Crippen molar-refractivity contribution in [1.29, 1.82) is 0 Å². The monoisotopic (exact) mass is 287 g/mol. The van der Waals surface area contributed by atoms with Crippen molar-refractivity contribution in [1.82, 2.24) is 4.72 Å². The lowest BCUT2D eigenvalue weighted by molar-refractivity contribution is 0.310. The van der Waals surface area contributed by atoms with E-state index >= 15 is 0 Å². The van der Waals surface area contributed by atoms with Gasteiger partial charge in [-0.2, -0.15) is 0 Å². The van der Waals surface area contributed by atoms with E-state index in [1.807, 2.05) is 0 Å². The van der Waals surface area contributed by atoms with Gasteiger partial charge in [-0.15, -0.1) is 0 Å². The van der Waals surface area contributed by atoms with Crippen LogP contribution in [0.25, 0.3) is 0 Å². The van der Waals surface area contributed by atoms with Gasteiger partial charge in [0.1, 0.15) is 0 Å². The van der Waals surface area contributed by atoms with Gasteiger partial charge in [0.15, 0.2) is 0 Å². The summed E-state index contributed by atoms with van der Waals surface area (Å²) in [6.07, 6.45) is 4.31. The van der Waals surface area contributed by atoms with Crippen molar-refractivity contribution >= 4 is 21.6 Å². The van der Waals surface area contributed by atoms with Gasteiger partial charge in [0.2, 0.25) is 10.0 Å². The zero-order valence-corrected chi connectivity index (χ0v) is 12.0. The summed E-state index contributed by atoms with van der Waals surface area (Å²) in [5, 5.41) is 0.542. The molecule has 0 bridgehead atoms. The predicted molar refractivity (Wildman–Crippen MR) is 73.2 cm³/mol. The lowest BCUT2D eigenvalue weighted by atomic mass is 9.87. The molecule has 5 heteroatoms. The Hall–Kier alpha value is -0.580. The third kappa shape index (κ3) is 3.25. The maximum Gasteiger partial charge on any atom is 0.240 e. The van der Waals surface area contributed by atoms with Crippen LogP contribution < -0.4 is 4.72 Å². The molecule has 0 amide bonds. The number of nitrogens with one attached hydrogen (secondary N) is 1. The maximum absolute atomic E-state index is 12.2. The van der Waals surface area contributed by atoms with Gasteiger partial charge in [-0.1, -0.05) is 31.4 Å². The van der Waals surface area contributed by atoms with Gasteiger partial charge in [0.25, 0.3) is 0 Å². The number of hydrogen-bond acceptors (Lipinski definition) is 2. The summed E-state index contributed by atoms with van der Waals surface area (Å²) >= 11 is 5.76. The molecule has 0 heterocycles. The number of halogens is 1. The Morgan fingerprint density at radius 2 is 1.78 bits per heavy atom. The van der Waals surface area contributed by atoms with Crippen LogP contribution in [0.4, 0.5) is 0 Å². The standard InChI is InChI=1S/C13H18ClNO2S/c1-10-4-2-3-5-13(10)15-18(16,17)12-8-6-11(14)7-9-12/h6-10,13,15H,2-5H2,1H3/t10-,13-/m0/s1. The van der Waals surface area contributed by atoms with Crippen molar-refractivity contribution in [3.8, 4) is 0 Å². The SMILES string of the molecule is C[C@H]1CCCC[C@@H]1NS(=O)(=O)c1ccc(Cl)cc1. The van der Waals surface area contributed by atoms with Gasteiger partial charge in [0.05, 0.1) is 4.90 Å². The molecule has 1 aliphatic carbocycles. The first-order valence-electron chi connectivity index (χ1n) is 6.27. The number of sulfonamides is 1. The van der Waals surface area contributed by atoms with E-state index in [0.717, 1.165) is 19.3 Å². The second-order valence-electron chi connectivity index (χ2n) is 4.94. The summed E-state index contributed by atoms with van der Waals surface area (Å²) in [5.74, 6) is 0.404. The lowest BCUT2D eigenvalue weighted by Gasteiger charge is -2.29. The minimum Gasteiger partial charge on any atom is -0.208 e. The lowest BCUT2D eigenvalue weighted by Crippen LogP contribution is -2.40. The molecule has 1 aromatic carbocycles. The predicted octanol–water partition coefficient (Wildman–Crippen LogP) is 3.20. The molecule has 1 N–H and O–H groups in total. The molecule has 18 heavy (non-hydrogen) atoms. The highest BCUT2D eigenvalue weighted by Gasteiger charge is 2.26. The molecule has 0 radical (unpaired) electrons. The van der Waals surface area contributed by atoms with Crippen LogP contribution in [0.1, 0.15) is 32.6 Å². The van der Waals surface area contributed by atoms with Crippen molar-refractivity contribution in [2.45, 2.75) is 43.5 Å². The molecule has 3 nitrogen and oxygen atoms in total. The Kier molecular flexibility index (Phi) is 4.30. The van der Waals surface area contributed by atoms with Gasteiger partial charge < -0.3 is 0 Å². The summed E-state index contributed by atoms with van der Waals surface area (Å²) < 4.78 is 27.2. The van der Waals surface area contributed by atoms with Gasteiger partial charge >= 0.3 is 0 Å². The largest absolute Gasteiger partial charge is 0.240 e. The Morgan fingerprint density at radius 3 is 2.39 bits per heavy atom. The van der Waals surface area contributed by atoms with Crippen molar-refractivity contribution < 1.29 is 8.42 Å². The quantitative estimate of drug-likeness (QED) is 0.928. The van der Waals surface area contributed by atoms with E-state index in [4.69, 9.17) is 11.6 Å². The van der Waals surface area contributed by atoms with E-state index in [1.54, 1.807) is 12.1 Å². The zero-order valence-electron chi connectivity index (χ0n) is 10.4. The summed E-state index contributed by atoms with van der Waals surface area (Å²) in [7, 11) is -3.42. The van der Waals surface area contributed by atoms with E-state index in [0.29, 0.717) is 10.9 Å². The fraction of sp³-hybridized carbons (Fsp3) is 0.538. The molecule has 2 rings (SSSR count). The minimum atomic E-state index is -3.42. The first-order valence-corrected chi connectivity index (χ1v) is 8.13. The number of benzene rings is 1. The van der Waals surface area contributed by atoms with Crippen molar-refractivity contribution in [2.24, 2.45) is 5.92 Å². The third-order valence-corrected chi connectivity index (χ3v) is 5.30. The van der Waals surface area contributed by atoms with Crippen LogP contribution in [0.3, 0.4) is 0 Å². The van der Waals surface area contributed by atoms with Gasteiger partial charge in [-0.25, -0.2) is 13.1 Å². The highest BCUT2D eigenvalue weighted by atomic mass is 35.5. The fourth-order valence-corrected chi connectivity index (χ4v) is 3.88. The smallest absolute Gasteiger partial charge is 0.208 e. The van der Waals surface area contributed by atoms with Crippen LogP contribution >= 0.6 is 11.6 Å². The Labute approximate surface area is 114 Å². The molecule has 0 aliphatic heterocycles. The molecule has 100 valence electrons. The Morgan fingerprint density at radius 1 is 1.17 bits per heavy atom. The molecule has 0 aromatic heterocycles. The fourth-order valence-electron chi connectivity index (χ4n) is 2.37. The van der Waals surface area contributed by atoms with Crippen molar-refractivity contribution in [3.05, 3.63) is 29.3 Å². The summed E-state index contributed by atoms with van der Waals surface area (Å²) in [6, 6.07) is 6.33. The molecule has 1 fully saturated rings. The van der Waals surface area contributed by atoms with Crippen LogP contribution in [0.15, 0.2) is 29.2 Å². The van der Waals surface area contributed by atoms with Crippen LogP contribution in [-0.4, -0.2) is 14.5 Å². The van der Waals surface area contributed by atoms with Crippen LogP contribution in [0, 0.1) is 5.92 Å². The molecular weight excluding hydrogens is 270 g/mol. The number of hydrogen-bond donors (Lipinski definition) is 1. The van der Waals surface area contributed by atoms with Gasteiger partial charge in [-0.3, -0.25) is 0 Å². The van der Waals surface area contributed by atoms with Crippen LogP contribution in [0.5, 0.6) is 0 Å². The molecule has 2 atom stereocenters. The average molecular weight is 288 g/mol. The second kappa shape index (κ2) is 5.59. The molecule has 0 spiro atoms. The summed E-state index contributed by atoms with van der Waals surface area (Å²) in [4.78, 5) is 0.282.